The quantitative estimate of drug-likeness (QED) is 0.152. The van der Waals surface area contributed by atoms with Crippen molar-refractivity contribution in [2.45, 2.75) is 105 Å². The first-order valence-electron chi connectivity index (χ1n) is 18.0. The van der Waals surface area contributed by atoms with E-state index in [0.29, 0.717) is 10.0 Å². The number of hydrogen-bond donors (Lipinski definition) is 0. The minimum absolute atomic E-state index is 0.124. The molecule has 0 amide bonds. The molecule has 0 atom stereocenters. The van der Waals surface area contributed by atoms with Gasteiger partial charge >= 0.3 is 132 Å². The van der Waals surface area contributed by atoms with E-state index in [0.717, 1.165) is 14.3 Å². The van der Waals surface area contributed by atoms with Crippen LogP contribution in [-0.4, -0.2) is 3.21 Å². The number of fused-ring (bicyclic) bond motifs is 3. The third-order valence-electron chi connectivity index (χ3n) is 9.18. The van der Waals surface area contributed by atoms with Gasteiger partial charge in [-0.15, -0.1) is 39.7 Å². The molecule has 52 heavy (non-hydrogen) atoms. The standard InChI is InChI=1S/C29H41.C13H8Cl2.C5H5.2ClH.Zr/c1-26(2,3)22-14-18-13-19-15-23(27(4,5)6)25(29(10,11)12)17-21(19)20(18)16-24(22)28(7,8)9;14-12-5-1-3-10(8-12)7-11-4-2-6-13(15)9-11;1-2-4-5-3-1;;;/h13-17H,1-12H3;1-6,8-9H;1-5H;2*1H;/q-1;;-1;;;+2/p-2. The molecule has 0 aromatic heterocycles. The topological polar surface area (TPSA) is 0 Å². The number of rotatable bonds is 2. The molecule has 0 nitrogen and oxygen atoms in total. The van der Waals surface area contributed by atoms with Gasteiger partial charge in [0.05, 0.1) is 0 Å². The van der Waals surface area contributed by atoms with Gasteiger partial charge in [-0.2, -0.15) is 18.2 Å². The molecule has 6 rings (SSSR count). The smallest absolute Gasteiger partial charge is 0.172 e. The van der Waals surface area contributed by atoms with E-state index in [1.165, 1.54) is 43.8 Å². The van der Waals surface area contributed by atoms with Crippen LogP contribution < -0.4 is 0 Å². The molecule has 5 heteroatoms. The largest absolute Gasteiger partial charge is 0.214 e. The van der Waals surface area contributed by atoms with Crippen molar-refractivity contribution in [3.05, 3.63) is 153 Å². The van der Waals surface area contributed by atoms with Crippen molar-refractivity contribution < 1.29 is 18.9 Å². The molecule has 0 radical (unpaired) electrons. The molecular formula is C47H54Cl4Zr-2. The summed E-state index contributed by atoms with van der Waals surface area (Å²) in [5.41, 5.74) is 8.36. The summed E-state index contributed by atoms with van der Waals surface area (Å²) in [5.74, 6) is 0. The van der Waals surface area contributed by atoms with E-state index in [1.807, 2.05) is 78.9 Å². The average molecular weight is 852 g/mol. The number of halogens is 4. The maximum Gasteiger partial charge on any atom is -0.172 e. The Morgan fingerprint density at radius 3 is 1.10 bits per heavy atom. The number of hydrogen-bond acceptors (Lipinski definition) is 0. The zero-order valence-corrected chi connectivity index (χ0v) is 38.4. The second-order valence-corrected chi connectivity index (χ2v) is 26.7. The van der Waals surface area contributed by atoms with Crippen LogP contribution in [-0.2, 0) is 40.5 Å². The van der Waals surface area contributed by atoms with Gasteiger partial charge in [0, 0.05) is 0 Å². The summed E-state index contributed by atoms with van der Waals surface area (Å²) in [6, 6.07) is 37.4. The fourth-order valence-corrected chi connectivity index (χ4v) is 11.4. The van der Waals surface area contributed by atoms with Gasteiger partial charge in [-0.3, -0.25) is 0 Å². The SMILES string of the molecule is CC(C)(C)c1cc2[cH-]c3cc(C(C)(C)C)c(C(C)(C)C)cc3c2cc1C(C)(C)C.Clc1cccc([C](c2cccc(Cl)c2)=[Zr]([Cl])[Cl])c1.c1cc[cH-]c1. The minimum atomic E-state index is -2.61. The van der Waals surface area contributed by atoms with Crippen LogP contribution in [0, 0.1) is 0 Å². The van der Waals surface area contributed by atoms with Crippen molar-refractivity contribution in [2.24, 2.45) is 0 Å². The molecule has 276 valence electrons. The monoisotopic (exact) mass is 848 g/mol. The molecule has 0 heterocycles. The third-order valence-corrected chi connectivity index (χ3v) is 14.2. The molecule has 0 fully saturated rings. The Bertz CT molecular complexity index is 2000. The van der Waals surface area contributed by atoms with Crippen LogP contribution in [0.4, 0.5) is 0 Å². The Morgan fingerprint density at radius 1 is 0.481 bits per heavy atom. The summed E-state index contributed by atoms with van der Waals surface area (Å²) in [4.78, 5) is 0. The van der Waals surface area contributed by atoms with Crippen LogP contribution in [0.25, 0.3) is 21.5 Å². The van der Waals surface area contributed by atoms with Gasteiger partial charge in [0.1, 0.15) is 0 Å². The Balaban J connectivity index is 0.000000221. The maximum atomic E-state index is 6.26. The predicted octanol–water partition coefficient (Wildman–Crippen LogP) is 15.8. The normalized spacial score (nSPS) is 12.2. The Labute approximate surface area is 338 Å². The van der Waals surface area contributed by atoms with Crippen LogP contribution in [0.5, 0.6) is 0 Å². The second kappa shape index (κ2) is 16.8. The van der Waals surface area contributed by atoms with E-state index in [4.69, 9.17) is 40.2 Å². The summed E-state index contributed by atoms with van der Waals surface area (Å²) in [6.07, 6.45) is 0. The van der Waals surface area contributed by atoms with Gasteiger partial charge in [-0.1, -0.05) is 117 Å². The molecule has 0 spiro atoms. The molecule has 6 aromatic carbocycles. The second-order valence-electron chi connectivity index (χ2n) is 17.7. The fraction of sp³-hybridized carbons (Fsp3) is 0.340. The van der Waals surface area contributed by atoms with E-state index in [9.17, 15) is 0 Å². The Kier molecular flexibility index (Phi) is 13.8. The van der Waals surface area contributed by atoms with E-state index >= 15 is 0 Å². The Hall–Kier alpha value is -1.99. The van der Waals surface area contributed by atoms with E-state index < -0.39 is 18.9 Å². The summed E-state index contributed by atoms with van der Waals surface area (Å²) in [5, 5.41) is 6.91. The first-order valence-corrected chi connectivity index (χ1v) is 26.3. The molecule has 0 unspecified atom stereocenters. The van der Waals surface area contributed by atoms with Gasteiger partial charge < -0.3 is 0 Å². The molecule has 0 bridgehead atoms. The van der Waals surface area contributed by atoms with E-state index in [-0.39, 0.29) is 21.7 Å². The van der Waals surface area contributed by atoms with Crippen molar-refractivity contribution in [1.82, 2.24) is 0 Å². The van der Waals surface area contributed by atoms with Crippen molar-refractivity contribution in [1.29, 1.82) is 0 Å². The van der Waals surface area contributed by atoms with Crippen molar-refractivity contribution in [3.63, 3.8) is 0 Å². The summed E-state index contributed by atoms with van der Waals surface area (Å²) in [7, 11) is 12.5. The summed E-state index contributed by atoms with van der Waals surface area (Å²) in [6.45, 7) is 28.0. The average Bonchev–Trinajstić information content (AvgIpc) is 3.70. The van der Waals surface area contributed by atoms with Crippen molar-refractivity contribution in [3.8, 4) is 0 Å². The van der Waals surface area contributed by atoms with Crippen LogP contribution in [0.3, 0.4) is 0 Å². The molecular weight excluding hydrogens is 798 g/mol. The molecule has 0 aliphatic rings. The van der Waals surface area contributed by atoms with Gasteiger partial charge in [-0.05, 0) is 21.7 Å². The maximum absolute atomic E-state index is 6.26. The van der Waals surface area contributed by atoms with Gasteiger partial charge in [0.25, 0.3) is 0 Å². The van der Waals surface area contributed by atoms with Crippen molar-refractivity contribution in [2.75, 3.05) is 0 Å². The summed E-state index contributed by atoms with van der Waals surface area (Å²) < 4.78 is 0.991. The van der Waals surface area contributed by atoms with E-state index in [1.54, 1.807) is 0 Å². The predicted molar refractivity (Wildman–Crippen MR) is 232 cm³/mol. The van der Waals surface area contributed by atoms with E-state index in [2.05, 4.69) is 113 Å². The van der Waals surface area contributed by atoms with Crippen LogP contribution in [0.1, 0.15) is 116 Å². The fourth-order valence-electron chi connectivity index (χ4n) is 6.58. The summed E-state index contributed by atoms with van der Waals surface area (Å²) >= 11 is 9.40. The molecule has 0 saturated carbocycles. The Morgan fingerprint density at radius 2 is 0.827 bits per heavy atom. The van der Waals surface area contributed by atoms with Crippen LogP contribution in [0.15, 0.2) is 109 Å². The third kappa shape index (κ3) is 10.8. The van der Waals surface area contributed by atoms with Gasteiger partial charge in [0.2, 0.25) is 0 Å². The van der Waals surface area contributed by atoms with Crippen molar-refractivity contribution >= 4 is 65.0 Å². The molecule has 0 N–H and O–H groups in total. The zero-order valence-electron chi connectivity index (χ0n) is 32.9. The minimum Gasteiger partial charge on any atom is -0.214 e. The molecule has 0 saturated heterocycles. The molecule has 6 aromatic rings. The molecule has 0 aliphatic heterocycles. The first-order chi connectivity index (χ1) is 24.0. The first kappa shape index (κ1) is 42.8. The molecule has 0 aliphatic carbocycles. The van der Waals surface area contributed by atoms with Gasteiger partial charge in [-0.25, -0.2) is 12.1 Å². The van der Waals surface area contributed by atoms with Crippen LogP contribution >= 0.6 is 40.2 Å². The zero-order chi connectivity index (χ0) is 38.8. The van der Waals surface area contributed by atoms with Crippen LogP contribution in [0.2, 0.25) is 10.0 Å². The van der Waals surface area contributed by atoms with Gasteiger partial charge in [0.15, 0.2) is 0 Å². The number of benzene rings is 4.